The zero-order valence-electron chi connectivity index (χ0n) is 25.2. The molecule has 3 heterocycles. The molecular weight excluding hydrogens is 510 g/mol. The number of aromatic nitrogens is 1. The van der Waals surface area contributed by atoms with Gasteiger partial charge < -0.3 is 14.4 Å². The molecule has 0 N–H and O–H groups in total. The molecule has 2 saturated heterocycles. The molecular formula is C35H43N3O3. The standard InChI is InChI=1S/C35H43N3O3/c1-22-7-9-26(10-8-22)27-11-13-32(40-5)30(20-27)29-12-14-33(37-15-6-16-37)36-31(29)21-38-25(4)34(41-35(38)39)28-18-23(2)17-24(3)19-28/h11-14,17-20,22,25-26,34H,6-10,15-16,21H2,1-5H3/t22-,25-,26-,34-/m0/s1. The second kappa shape index (κ2) is 11.4. The van der Waals surface area contributed by atoms with E-state index in [0.717, 1.165) is 53.0 Å². The van der Waals surface area contributed by atoms with Crippen molar-refractivity contribution in [2.24, 2.45) is 5.92 Å². The molecule has 0 radical (unpaired) electrons. The minimum atomic E-state index is -0.310. The van der Waals surface area contributed by atoms with Gasteiger partial charge in [0.2, 0.25) is 0 Å². The molecule has 1 aromatic heterocycles. The van der Waals surface area contributed by atoms with Crippen LogP contribution in [0.5, 0.6) is 5.75 Å². The van der Waals surface area contributed by atoms with Crippen LogP contribution in [0.3, 0.4) is 0 Å². The molecule has 3 aliphatic rings. The molecule has 3 fully saturated rings. The van der Waals surface area contributed by atoms with E-state index in [1.54, 1.807) is 7.11 Å². The highest BCUT2D eigenvalue weighted by molar-refractivity contribution is 5.76. The van der Waals surface area contributed by atoms with Crippen LogP contribution < -0.4 is 9.64 Å². The number of carbonyl (C=O) groups is 1. The van der Waals surface area contributed by atoms with Crippen molar-refractivity contribution in [3.63, 3.8) is 0 Å². The Hall–Kier alpha value is -3.54. The van der Waals surface area contributed by atoms with E-state index < -0.39 is 0 Å². The fraction of sp³-hybridized carbons (Fsp3) is 0.486. The first-order valence-corrected chi connectivity index (χ1v) is 15.3. The molecule has 1 saturated carbocycles. The van der Waals surface area contributed by atoms with Crippen molar-refractivity contribution < 1.29 is 14.3 Å². The highest BCUT2D eigenvalue weighted by Crippen LogP contribution is 2.42. The number of rotatable bonds is 7. The molecule has 0 unspecified atom stereocenters. The number of pyridine rings is 1. The first-order valence-electron chi connectivity index (χ1n) is 15.3. The van der Waals surface area contributed by atoms with Gasteiger partial charge in [-0.1, -0.05) is 55.2 Å². The lowest BCUT2D eigenvalue weighted by atomic mass is 9.79. The smallest absolute Gasteiger partial charge is 0.411 e. The number of methoxy groups -OCH3 is 1. The van der Waals surface area contributed by atoms with Crippen molar-refractivity contribution in [3.8, 4) is 16.9 Å². The molecule has 6 heteroatoms. The topological polar surface area (TPSA) is 54.9 Å². The zero-order chi connectivity index (χ0) is 28.7. The summed E-state index contributed by atoms with van der Waals surface area (Å²) in [6.45, 7) is 11.0. The number of amides is 1. The van der Waals surface area contributed by atoms with E-state index in [0.29, 0.717) is 12.5 Å². The predicted molar refractivity (Wildman–Crippen MR) is 164 cm³/mol. The van der Waals surface area contributed by atoms with Crippen molar-refractivity contribution in [3.05, 3.63) is 76.5 Å². The molecule has 1 amide bonds. The van der Waals surface area contributed by atoms with Crippen LogP contribution in [-0.4, -0.2) is 42.2 Å². The molecule has 2 aliphatic heterocycles. The van der Waals surface area contributed by atoms with E-state index in [-0.39, 0.29) is 18.2 Å². The number of aryl methyl sites for hydroxylation is 2. The first-order chi connectivity index (χ1) is 19.8. The number of nitrogens with zero attached hydrogens (tertiary/aromatic N) is 3. The van der Waals surface area contributed by atoms with E-state index in [1.807, 2.05) is 4.90 Å². The third-order valence-electron chi connectivity index (χ3n) is 9.43. The molecule has 0 bridgehead atoms. The van der Waals surface area contributed by atoms with E-state index in [4.69, 9.17) is 14.5 Å². The number of hydrogen-bond donors (Lipinski definition) is 0. The summed E-state index contributed by atoms with van der Waals surface area (Å²) in [5.41, 5.74) is 7.71. The molecule has 2 atom stereocenters. The summed E-state index contributed by atoms with van der Waals surface area (Å²) in [5, 5.41) is 0. The fourth-order valence-corrected chi connectivity index (χ4v) is 6.86. The quantitative estimate of drug-likeness (QED) is 0.297. The predicted octanol–water partition coefficient (Wildman–Crippen LogP) is 7.96. The molecule has 1 aliphatic carbocycles. The molecule has 0 spiro atoms. The number of benzene rings is 2. The van der Waals surface area contributed by atoms with E-state index in [2.05, 4.69) is 81.1 Å². The van der Waals surface area contributed by atoms with Crippen LogP contribution in [-0.2, 0) is 11.3 Å². The number of hydrogen-bond acceptors (Lipinski definition) is 5. The fourth-order valence-electron chi connectivity index (χ4n) is 6.86. The minimum Gasteiger partial charge on any atom is -0.496 e. The van der Waals surface area contributed by atoms with Gasteiger partial charge in [0.25, 0.3) is 0 Å². The van der Waals surface area contributed by atoms with Gasteiger partial charge in [0.1, 0.15) is 17.7 Å². The molecule has 3 aromatic rings. The Balaban J connectivity index is 1.36. The average Bonchev–Trinajstić information content (AvgIpc) is 3.20. The van der Waals surface area contributed by atoms with Crippen molar-refractivity contribution in [1.29, 1.82) is 0 Å². The van der Waals surface area contributed by atoms with Crippen LogP contribution in [0.2, 0.25) is 0 Å². The summed E-state index contributed by atoms with van der Waals surface area (Å²) in [6.07, 6.45) is 5.59. The second-order valence-electron chi connectivity index (χ2n) is 12.5. The summed E-state index contributed by atoms with van der Waals surface area (Å²) in [4.78, 5) is 22.6. The zero-order valence-corrected chi connectivity index (χ0v) is 25.2. The summed E-state index contributed by atoms with van der Waals surface area (Å²) in [7, 11) is 1.73. The normalized spacial score (nSPS) is 24.3. The second-order valence-corrected chi connectivity index (χ2v) is 12.5. The van der Waals surface area contributed by atoms with Crippen molar-refractivity contribution in [1.82, 2.24) is 9.88 Å². The maximum Gasteiger partial charge on any atom is 0.411 e. The SMILES string of the molecule is COc1ccc([C@H]2CC[C@H](C)CC2)cc1-c1ccc(N2CCC2)nc1CN1C(=O)O[C@H](c2cc(C)cc(C)c2)[C@@H]1C. The Morgan fingerprint density at radius 3 is 2.29 bits per heavy atom. The van der Waals surface area contributed by atoms with Crippen LogP contribution in [0.15, 0.2) is 48.5 Å². The molecule has 6 nitrogen and oxygen atoms in total. The lowest BCUT2D eigenvalue weighted by Gasteiger charge is -2.33. The van der Waals surface area contributed by atoms with Gasteiger partial charge in [0, 0.05) is 24.2 Å². The van der Waals surface area contributed by atoms with Crippen molar-refractivity contribution in [2.45, 2.75) is 84.4 Å². The summed E-state index contributed by atoms with van der Waals surface area (Å²) in [5.74, 6) is 3.18. The van der Waals surface area contributed by atoms with Crippen molar-refractivity contribution >= 4 is 11.9 Å². The summed E-state index contributed by atoms with van der Waals surface area (Å²) >= 11 is 0. The van der Waals surface area contributed by atoms with Gasteiger partial charge in [-0.3, -0.25) is 4.90 Å². The van der Waals surface area contributed by atoms with Crippen LogP contribution >= 0.6 is 0 Å². The number of anilines is 1. The Kier molecular flexibility index (Phi) is 7.67. The average molecular weight is 554 g/mol. The third-order valence-corrected chi connectivity index (χ3v) is 9.43. The Morgan fingerprint density at radius 1 is 0.902 bits per heavy atom. The van der Waals surface area contributed by atoms with E-state index >= 15 is 0 Å². The van der Waals surface area contributed by atoms with Crippen LogP contribution in [0.4, 0.5) is 10.6 Å². The number of carbonyl (C=O) groups excluding carboxylic acids is 1. The van der Waals surface area contributed by atoms with Gasteiger partial charge in [0.05, 0.1) is 25.4 Å². The van der Waals surface area contributed by atoms with Gasteiger partial charge >= 0.3 is 6.09 Å². The number of cyclic esters (lactones) is 1. The van der Waals surface area contributed by atoms with E-state index in [1.165, 1.54) is 48.8 Å². The van der Waals surface area contributed by atoms with Crippen molar-refractivity contribution in [2.75, 3.05) is 25.1 Å². The maximum absolute atomic E-state index is 13.3. The molecule has 2 aromatic carbocycles. The maximum atomic E-state index is 13.3. The largest absolute Gasteiger partial charge is 0.496 e. The summed E-state index contributed by atoms with van der Waals surface area (Å²) < 4.78 is 11.9. The van der Waals surface area contributed by atoms with Gasteiger partial charge in [-0.2, -0.15) is 0 Å². The lowest BCUT2D eigenvalue weighted by Crippen LogP contribution is -2.38. The van der Waals surface area contributed by atoms with Gasteiger partial charge in [-0.15, -0.1) is 0 Å². The Bertz CT molecular complexity index is 1400. The Morgan fingerprint density at radius 2 is 1.63 bits per heavy atom. The van der Waals surface area contributed by atoms with Gasteiger partial charge in [-0.25, -0.2) is 9.78 Å². The van der Waals surface area contributed by atoms with Gasteiger partial charge in [0.15, 0.2) is 0 Å². The van der Waals surface area contributed by atoms with Crippen LogP contribution in [0, 0.1) is 19.8 Å². The number of ether oxygens (including phenoxy) is 2. The monoisotopic (exact) mass is 553 g/mol. The lowest BCUT2D eigenvalue weighted by molar-refractivity contribution is 0.130. The van der Waals surface area contributed by atoms with Gasteiger partial charge in [-0.05, 0) is 87.3 Å². The third kappa shape index (κ3) is 5.53. The highest BCUT2D eigenvalue weighted by Gasteiger charge is 2.40. The highest BCUT2D eigenvalue weighted by atomic mass is 16.6. The van der Waals surface area contributed by atoms with Crippen LogP contribution in [0.25, 0.3) is 11.1 Å². The Labute approximate surface area is 244 Å². The molecule has 6 rings (SSSR count). The minimum absolute atomic E-state index is 0.122. The summed E-state index contributed by atoms with van der Waals surface area (Å²) in [6, 6.07) is 17.2. The molecule has 216 valence electrons. The van der Waals surface area contributed by atoms with Crippen LogP contribution in [0.1, 0.15) is 85.9 Å². The first kappa shape index (κ1) is 27.6. The van der Waals surface area contributed by atoms with E-state index in [9.17, 15) is 4.79 Å². The molecule has 41 heavy (non-hydrogen) atoms.